The van der Waals surface area contributed by atoms with Crippen molar-refractivity contribution in [2.24, 2.45) is 23.0 Å². The zero-order valence-corrected chi connectivity index (χ0v) is 19.3. The highest BCUT2D eigenvalue weighted by Gasteiger charge is 2.55. The van der Waals surface area contributed by atoms with Crippen LogP contribution in [0.5, 0.6) is 0 Å². The summed E-state index contributed by atoms with van der Waals surface area (Å²) in [4.78, 5) is 23.6. The van der Waals surface area contributed by atoms with Crippen molar-refractivity contribution in [3.8, 4) is 6.07 Å². The molecule has 33 heavy (non-hydrogen) atoms. The monoisotopic (exact) mass is 446 g/mol. The first kappa shape index (κ1) is 22.9. The molecular weight excluding hydrogens is 416 g/mol. The van der Waals surface area contributed by atoms with Crippen molar-refractivity contribution < 1.29 is 9.53 Å². The number of carbonyl (C=O) groups is 1. The molecule has 1 fully saturated rings. The summed E-state index contributed by atoms with van der Waals surface area (Å²) in [7, 11) is 1.75. The minimum absolute atomic E-state index is 0.0995. The van der Waals surface area contributed by atoms with E-state index in [0.717, 1.165) is 30.4 Å². The number of rotatable bonds is 4. The lowest BCUT2D eigenvalue weighted by molar-refractivity contribution is -0.136. The number of aromatic nitrogens is 2. The normalized spacial score (nSPS) is 28.2. The van der Waals surface area contributed by atoms with Crippen molar-refractivity contribution >= 4 is 11.9 Å². The van der Waals surface area contributed by atoms with E-state index in [2.05, 4.69) is 29.9 Å². The van der Waals surface area contributed by atoms with Crippen LogP contribution in [0.1, 0.15) is 55.0 Å². The molecule has 0 saturated heterocycles. The van der Waals surface area contributed by atoms with Crippen LogP contribution in [0.2, 0.25) is 0 Å². The number of nitriles is 1. The number of hydrogen-bond donors (Lipinski definition) is 2. The van der Waals surface area contributed by atoms with E-state index in [1.165, 1.54) is 11.2 Å². The van der Waals surface area contributed by atoms with Gasteiger partial charge in [0, 0.05) is 13.3 Å². The molecule has 3 atom stereocenters. The lowest BCUT2D eigenvalue weighted by atomic mass is 9.59. The number of methoxy groups -OCH3 is 1. The number of nitrogens with two attached hydrogens (primary N) is 1. The van der Waals surface area contributed by atoms with Gasteiger partial charge in [-0.1, -0.05) is 19.9 Å². The Kier molecular flexibility index (Phi) is 6.17. The largest absolute Gasteiger partial charge is 0.381 e. The minimum Gasteiger partial charge on any atom is -0.381 e. The molecule has 0 aliphatic heterocycles. The molecule has 0 radical (unpaired) electrons. The van der Waals surface area contributed by atoms with Gasteiger partial charge >= 0.3 is 0 Å². The Balaban J connectivity index is 1.78. The van der Waals surface area contributed by atoms with Crippen molar-refractivity contribution in [2.45, 2.75) is 51.7 Å². The summed E-state index contributed by atoms with van der Waals surface area (Å²) in [6, 6.07) is 9.55. The maximum Gasteiger partial charge on any atom is 0.237 e. The molecule has 1 spiro atoms. The third kappa shape index (κ3) is 4.09. The second-order valence-corrected chi connectivity index (χ2v) is 9.57. The maximum absolute atomic E-state index is 14.1. The van der Waals surface area contributed by atoms with E-state index in [9.17, 15) is 10.1 Å². The zero-order chi connectivity index (χ0) is 23.8. The first-order valence-corrected chi connectivity index (χ1v) is 11.3. The van der Waals surface area contributed by atoms with Gasteiger partial charge in [-0.05, 0) is 65.8 Å². The second kappa shape index (κ2) is 8.91. The Bertz CT molecular complexity index is 1080. The van der Waals surface area contributed by atoms with Crippen LogP contribution in [0.15, 0.2) is 36.8 Å². The summed E-state index contributed by atoms with van der Waals surface area (Å²) in [6.07, 6.45) is 5.55. The Hall–Kier alpha value is -3.31. The topological polar surface area (TPSA) is 129 Å². The van der Waals surface area contributed by atoms with E-state index < -0.39 is 5.92 Å². The fourth-order valence-corrected chi connectivity index (χ4v) is 6.32. The zero-order valence-electron chi connectivity index (χ0n) is 19.3. The SMILES string of the molecule is COC1C(C)CC2(Cc3ccc(C#N)cc3C2C(=O)N(Cc2ccncn2)C(=N)N)CC1C. The molecular formula is C25H30N6O2. The van der Waals surface area contributed by atoms with Gasteiger partial charge in [0.2, 0.25) is 5.91 Å². The van der Waals surface area contributed by atoms with Crippen LogP contribution in [0, 0.1) is 34.0 Å². The predicted molar refractivity (Wildman–Crippen MR) is 123 cm³/mol. The van der Waals surface area contributed by atoms with Gasteiger partial charge < -0.3 is 10.5 Å². The van der Waals surface area contributed by atoms with Crippen LogP contribution < -0.4 is 5.73 Å². The van der Waals surface area contributed by atoms with Crippen molar-refractivity contribution in [1.82, 2.24) is 14.9 Å². The number of ether oxygens (including phenoxy) is 1. The molecule has 1 aromatic carbocycles. The van der Waals surface area contributed by atoms with Crippen molar-refractivity contribution in [3.05, 3.63) is 59.2 Å². The van der Waals surface area contributed by atoms with Gasteiger partial charge in [-0.15, -0.1) is 0 Å². The van der Waals surface area contributed by atoms with Gasteiger partial charge in [0.1, 0.15) is 6.33 Å². The van der Waals surface area contributed by atoms with Crippen LogP contribution in [-0.4, -0.2) is 39.9 Å². The Labute approximate surface area is 194 Å². The van der Waals surface area contributed by atoms with E-state index in [1.807, 2.05) is 18.2 Å². The van der Waals surface area contributed by atoms with Gasteiger partial charge in [0.05, 0.1) is 35.9 Å². The van der Waals surface area contributed by atoms with Crippen LogP contribution >= 0.6 is 0 Å². The fourth-order valence-electron chi connectivity index (χ4n) is 6.32. The number of carbonyl (C=O) groups excluding carboxylic acids is 1. The summed E-state index contributed by atoms with van der Waals surface area (Å²) in [5, 5.41) is 17.7. The molecule has 0 bridgehead atoms. The number of nitrogens with zero attached hydrogens (tertiary/aromatic N) is 4. The first-order valence-electron chi connectivity index (χ1n) is 11.3. The highest BCUT2D eigenvalue weighted by molar-refractivity contribution is 5.99. The number of amides is 1. The van der Waals surface area contributed by atoms with E-state index in [0.29, 0.717) is 11.3 Å². The molecule has 2 aliphatic carbocycles. The molecule has 8 heteroatoms. The lowest BCUT2D eigenvalue weighted by Gasteiger charge is -2.48. The molecule has 1 amide bonds. The molecule has 2 aromatic rings. The molecule has 1 saturated carbocycles. The van der Waals surface area contributed by atoms with Gasteiger partial charge in [-0.25, -0.2) is 9.97 Å². The quantitative estimate of drug-likeness (QED) is 0.549. The summed E-state index contributed by atoms with van der Waals surface area (Å²) < 4.78 is 5.79. The van der Waals surface area contributed by atoms with Crippen LogP contribution in [-0.2, 0) is 22.5 Å². The van der Waals surface area contributed by atoms with E-state index in [4.69, 9.17) is 15.9 Å². The number of hydrogen-bond acceptors (Lipinski definition) is 6. The predicted octanol–water partition coefficient (Wildman–Crippen LogP) is 2.98. The summed E-state index contributed by atoms with van der Waals surface area (Å²) >= 11 is 0. The summed E-state index contributed by atoms with van der Waals surface area (Å²) in [5.41, 5.74) is 8.70. The molecule has 2 aliphatic rings. The second-order valence-electron chi connectivity index (χ2n) is 9.57. The number of nitrogens with one attached hydrogen (secondary N) is 1. The van der Waals surface area contributed by atoms with E-state index in [-0.39, 0.29) is 41.8 Å². The van der Waals surface area contributed by atoms with Gasteiger partial charge in [0.15, 0.2) is 5.96 Å². The third-order valence-corrected chi connectivity index (χ3v) is 7.36. The van der Waals surface area contributed by atoms with E-state index in [1.54, 1.807) is 19.4 Å². The molecule has 8 nitrogen and oxygen atoms in total. The van der Waals surface area contributed by atoms with Crippen molar-refractivity contribution in [2.75, 3.05) is 7.11 Å². The molecule has 172 valence electrons. The number of benzene rings is 1. The average molecular weight is 447 g/mol. The minimum atomic E-state index is -0.491. The molecule has 1 aromatic heterocycles. The van der Waals surface area contributed by atoms with Crippen LogP contribution in [0.25, 0.3) is 0 Å². The smallest absolute Gasteiger partial charge is 0.237 e. The Morgan fingerprint density at radius 2 is 2.06 bits per heavy atom. The molecule has 3 unspecified atom stereocenters. The number of fused-ring (bicyclic) bond motifs is 1. The van der Waals surface area contributed by atoms with Crippen LogP contribution in [0.4, 0.5) is 0 Å². The highest BCUT2D eigenvalue weighted by atomic mass is 16.5. The Morgan fingerprint density at radius 3 is 2.64 bits per heavy atom. The molecule has 3 N–H and O–H groups in total. The van der Waals surface area contributed by atoms with Gasteiger partial charge in [0.25, 0.3) is 0 Å². The third-order valence-electron chi connectivity index (χ3n) is 7.36. The van der Waals surface area contributed by atoms with E-state index >= 15 is 0 Å². The standard InChI is InChI=1S/C25H30N6O2/c1-15-9-25(10-16(2)22(15)33-3)11-18-5-4-17(12-26)8-20(18)21(25)23(32)31(24(27)28)13-19-6-7-29-14-30-19/h4-8,14-16,21-22H,9-11,13H2,1-3H3,(H3,27,28). The highest BCUT2D eigenvalue weighted by Crippen LogP contribution is 2.58. The van der Waals surface area contributed by atoms with Crippen LogP contribution in [0.3, 0.4) is 0 Å². The van der Waals surface area contributed by atoms with Gasteiger partial charge in [-0.2, -0.15) is 5.26 Å². The molecule has 4 rings (SSSR count). The van der Waals surface area contributed by atoms with Gasteiger partial charge in [-0.3, -0.25) is 15.1 Å². The first-order chi connectivity index (χ1) is 15.8. The maximum atomic E-state index is 14.1. The summed E-state index contributed by atoms with van der Waals surface area (Å²) in [5.74, 6) is -0.484. The average Bonchev–Trinajstić information content (AvgIpc) is 3.08. The summed E-state index contributed by atoms with van der Waals surface area (Å²) in [6.45, 7) is 4.46. The van der Waals surface area contributed by atoms with Crippen molar-refractivity contribution in [1.29, 1.82) is 10.7 Å². The Morgan fingerprint density at radius 1 is 1.33 bits per heavy atom. The number of guanidine groups is 1. The molecule has 1 heterocycles. The fraction of sp³-hybridized carbons (Fsp3) is 0.480. The van der Waals surface area contributed by atoms with Crippen molar-refractivity contribution in [3.63, 3.8) is 0 Å². The lowest BCUT2D eigenvalue weighted by Crippen LogP contribution is -2.50.